The molecular formula is C17H25NO3. The molecule has 116 valence electrons. The van der Waals surface area contributed by atoms with E-state index in [1.165, 1.54) is 0 Å². The molecule has 2 rings (SSSR count). The first-order valence-electron chi connectivity index (χ1n) is 7.80. The van der Waals surface area contributed by atoms with E-state index in [0.29, 0.717) is 18.7 Å². The quantitative estimate of drug-likeness (QED) is 0.809. The van der Waals surface area contributed by atoms with E-state index in [9.17, 15) is 9.59 Å². The number of ether oxygens (including phenoxy) is 1. The van der Waals surface area contributed by atoms with Crippen LogP contribution in [0.2, 0.25) is 0 Å². The van der Waals surface area contributed by atoms with Crippen LogP contribution >= 0.6 is 0 Å². The van der Waals surface area contributed by atoms with Crippen molar-refractivity contribution < 1.29 is 14.3 Å². The number of rotatable bonds is 4. The highest BCUT2D eigenvalue weighted by Gasteiger charge is 2.38. The first kappa shape index (κ1) is 15.8. The molecule has 0 saturated heterocycles. The largest absolute Gasteiger partial charge is 0.461 e. The summed E-state index contributed by atoms with van der Waals surface area (Å²) < 4.78 is 5.09. The van der Waals surface area contributed by atoms with Gasteiger partial charge in [-0.25, -0.2) is 4.79 Å². The number of esters is 1. The molecule has 0 unspecified atom stereocenters. The fourth-order valence-electron chi connectivity index (χ4n) is 3.23. The summed E-state index contributed by atoms with van der Waals surface area (Å²) in [6, 6.07) is 0. The summed E-state index contributed by atoms with van der Waals surface area (Å²) in [5.41, 5.74) is 2.22. The molecule has 0 aromatic rings. The van der Waals surface area contributed by atoms with Crippen LogP contribution in [0.25, 0.3) is 0 Å². The Morgan fingerprint density at radius 2 is 2.10 bits per heavy atom. The molecule has 1 N–H and O–H groups in total. The standard InChI is InChI=1S/C17H25NO3/c1-5-7-11-8-12(16(20)21-6-2)18-13-9-17(3,4)10-14(19)15(11)13/h8,11,18H,5-7,9-10H2,1-4H3/t11-/m1/s1. The van der Waals surface area contributed by atoms with Crippen LogP contribution in [0.5, 0.6) is 0 Å². The maximum atomic E-state index is 12.5. The summed E-state index contributed by atoms with van der Waals surface area (Å²) >= 11 is 0. The van der Waals surface area contributed by atoms with Crippen molar-refractivity contribution in [2.45, 2.75) is 53.4 Å². The lowest BCUT2D eigenvalue weighted by molar-refractivity contribution is -0.139. The van der Waals surface area contributed by atoms with E-state index in [-0.39, 0.29) is 23.1 Å². The van der Waals surface area contributed by atoms with Crippen molar-refractivity contribution in [1.82, 2.24) is 5.32 Å². The van der Waals surface area contributed by atoms with Gasteiger partial charge in [0.2, 0.25) is 0 Å². The second-order valence-electron chi connectivity index (χ2n) is 6.65. The number of dihydropyridines is 1. The minimum absolute atomic E-state index is 0.0363. The molecule has 0 fully saturated rings. The fraction of sp³-hybridized carbons (Fsp3) is 0.647. The Hall–Kier alpha value is -1.58. The second kappa shape index (κ2) is 6.04. The maximum Gasteiger partial charge on any atom is 0.354 e. The zero-order chi connectivity index (χ0) is 15.6. The van der Waals surface area contributed by atoms with Gasteiger partial charge in [-0.15, -0.1) is 0 Å². The molecule has 1 heterocycles. The van der Waals surface area contributed by atoms with Gasteiger partial charge >= 0.3 is 5.97 Å². The zero-order valence-electron chi connectivity index (χ0n) is 13.4. The highest BCUT2D eigenvalue weighted by Crippen LogP contribution is 2.41. The van der Waals surface area contributed by atoms with Crippen LogP contribution in [0.1, 0.15) is 53.4 Å². The van der Waals surface area contributed by atoms with Crippen molar-refractivity contribution in [2.24, 2.45) is 11.3 Å². The first-order valence-corrected chi connectivity index (χ1v) is 7.80. The molecular weight excluding hydrogens is 266 g/mol. The summed E-state index contributed by atoms with van der Waals surface area (Å²) in [6.45, 7) is 8.42. The number of allylic oxidation sites excluding steroid dienone is 3. The molecule has 21 heavy (non-hydrogen) atoms. The third-order valence-electron chi connectivity index (χ3n) is 4.04. The molecule has 0 aromatic carbocycles. The van der Waals surface area contributed by atoms with Gasteiger partial charge in [0.05, 0.1) is 6.61 Å². The molecule has 2 aliphatic rings. The number of ketones is 1. The van der Waals surface area contributed by atoms with E-state index < -0.39 is 0 Å². The van der Waals surface area contributed by atoms with Crippen LogP contribution in [-0.2, 0) is 14.3 Å². The topological polar surface area (TPSA) is 55.4 Å². The Balaban J connectivity index is 2.33. The third kappa shape index (κ3) is 3.36. The molecule has 0 aromatic heterocycles. The minimum atomic E-state index is -0.332. The minimum Gasteiger partial charge on any atom is -0.461 e. The lowest BCUT2D eigenvalue weighted by Crippen LogP contribution is -2.38. The average Bonchev–Trinajstić information content (AvgIpc) is 2.36. The van der Waals surface area contributed by atoms with E-state index in [1.807, 2.05) is 6.08 Å². The summed E-state index contributed by atoms with van der Waals surface area (Å²) in [5, 5.41) is 3.16. The maximum absolute atomic E-state index is 12.5. The van der Waals surface area contributed by atoms with Gasteiger partial charge in [0.25, 0.3) is 0 Å². The van der Waals surface area contributed by atoms with Gasteiger partial charge < -0.3 is 10.1 Å². The van der Waals surface area contributed by atoms with Crippen molar-refractivity contribution >= 4 is 11.8 Å². The molecule has 0 saturated carbocycles. The highest BCUT2D eigenvalue weighted by atomic mass is 16.5. The monoisotopic (exact) mass is 291 g/mol. The number of carbonyl (C=O) groups is 2. The van der Waals surface area contributed by atoms with Gasteiger partial charge in [0, 0.05) is 23.6 Å². The molecule has 0 radical (unpaired) electrons. The number of nitrogens with one attached hydrogen (secondary N) is 1. The van der Waals surface area contributed by atoms with Gasteiger partial charge in [-0.3, -0.25) is 4.79 Å². The molecule has 1 atom stereocenters. The molecule has 1 aliphatic carbocycles. The first-order chi connectivity index (χ1) is 9.88. The number of hydrogen-bond acceptors (Lipinski definition) is 4. The number of hydrogen-bond donors (Lipinski definition) is 1. The van der Waals surface area contributed by atoms with E-state index in [0.717, 1.165) is 30.5 Å². The van der Waals surface area contributed by atoms with Crippen molar-refractivity contribution in [3.63, 3.8) is 0 Å². The van der Waals surface area contributed by atoms with E-state index in [2.05, 4.69) is 26.1 Å². The van der Waals surface area contributed by atoms with E-state index in [4.69, 9.17) is 4.74 Å². The average molecular weight is 291 g/mol. The highest BCUT2D eigenvalue weighted by molar-refractivity contribution is 6.00. The van der Waals surface area contributed by atoms with E-state index >= 15 is 0 Å². The summed E-state index contributed by atoms with van der Waals surface area (Å²) in [4.78, 5) is 24.5. The Bertz CT molecular complexity index is 514. The SMILES string of the molecule is CCC[C@@H]1C=C(C(=O)OCC)NC2=C1C(=O)CC(C)(C)C2. The van der Waals surface area contributed by atoms with Gasteiger partial charge in [0.1, 0.15) is 5.70 Å². The van der Waals surface area contributed by atoms with Crippen molar-refractivity contribution in [3.8, 4) is 0 Å². The van der Waals surface area contributed by atoms with Gasteiger partial charge in [-0.05, 0) is 31.3 Å². The van der Waals surface area contributed by atoms with Crippen LogP contribution in [0.15, 0.2) is 23.0 Å². The summed E-state index contributed by atoms with van der Waals surface area (Å²) in [7, 11) is 0. The smallest absolute Gasteiger partial charge is 0.354 e. The molecule has 0 spiro atoms. The Morgan fingerprint density at radius 1 is 1.38 bits per heavy atom. The van der Waals surface area contributed by atoms with Crippen LogP contribution in [0.3, 0.4) is 0 Å². The van der Waals surface area contributed by atoms with Crippen molar-refractivity contribution in [3.05, 3.63) is 23.0 Å². The molecule has 4 heteroatoms. The van der Waals surface area contributed by atoms with Crippen LogP contribution < -0.4 is 5.32 Å². The van der Waals surface area contributed by atoms with Crippen LogP contribution in [-0.4, -0.2) is 18.4 Å². The van der Waals surface area contributed by atoms with Crippen molar-refractivity contribution in [1.29, 1.82) is 0 Å². The van der Waals surface area contributed by atoms with Crippen LogP contribution in [0.4, 0.5) is 0 Å². The Morgan fingerprint density at radius 3 is 2.71 bits per heavy atom. The van der Waals surface area contributed by atoms with Gasteiger partial charge in [-0.1, -0.05) is 27.2 Å². The Labute approximate surface area is 126 Å². The lowest BCUT2D eigenvalue weighted by Gasteiger charge is -2.37. The van der Waals surface area contributed by atoms with Crippen LogP contribution in [0, 0.1) is 11.3 Å². The van der Waals surface area contributed by atoms with E-state index in [1.54, 1.807) is 6.92 Å². The molecule has 4 nitrogen and oxygen atoms in total. The summed E-state index contributed by atoms with van der Waals surface area (Å²) in [6.07, 6.45) is 5.11. The number of carbonyl (C=O) groups excluding carboxylic acids is 2. The van der Waals surface area contributed by atoms with Gasteiger partial charge in [-0.2, -0.15) is 0 Å². The molecule has 0 bridgehead atoms. The third-order valence-corrected chi connectivity index (χ3v) is 4.04. The van der Waals surface area contributed by atoms with Crippen molar-refractivity contribution in [2.75, 3.05) is 6.61 Å². The predicted octanol–water partition coefficient (Wildman–Crippen LogP) is 3.10. The molecule has 1 aliphatic heterocycles. The number of Topliss-reactive ketones (excluding diaryl/α,β-unsaturated/α-hetero) is 1. The Kier molecular flexibility index (Phi) is 4.55. The normalized spacial score (nSPS) is 24.1. The molecule has 0 amide bonds. The zero-order valence-corrected chi connectivity index (χ0v) is 13.4. The summed E-state index contributed by atoms with van der Waals surface area (Å²) in [5.74, 6) is -0.0819. The second-order valence-corrected chi connectivity index (χ2v) is 6.65. The fourth-order valence-corrected chi connectivity index (χ4v) is 3.23. The van der Waals surface area contributed by atoms with Gasteiger partial charge in [0.15, 0.2) is 5.78 Å². The predicted molar refractivity (Wildman–Crippen MR) is 81.3 cm³/mol. The lowest BCUT2D eigenvalue weighted by atomic mass is 9.71.